The second-order valence-electron chi connectivity index (χ2n) is 7.32. The zero-order chi connectivity index (χ0) is 23.5. The zero-order valence-corrected chi connectivity index (χ0v) is 19.3. The minimum atomic E-state index is -0.367. The lowest BCUT2D eigenvalue weighted by Gasteiger charge is -2.14. The van der Waals surface area contributed by atoms with Crippen LogP contribution in [-0.2, 0) is 6.42 Å². The van der Waals surface area contributed by atoms with Gasteiger partial charge in [-0.25, -0.2) is 0 Å². The minimum Gasteiger partial charge on any atom is -0.493 e. The average Bonchev–Trinajstić information content (AvgIpc) is 2.83. The van der Waals surface area contributed by atoms with Crippen LogP contribution in [0.15, 0.2) is 78.9 Å². The molecule has 0 radical (unpaired) electrons. The van der Waals surface area contributed by atoms with Crippen molar-refractivity contribution in [1.29, 1.82) is 0 Å². The molecule has 0 saturated heterocycles. The number of hydrogen-bond acceptors (Lipinski definition) is 4. The molecule has 0 spiro atoms. The summed E-state index contributed by atoms with van der Waals surface area (Å²) in [6.45, 7) is 3.07. The van der Waals surface area contributed by atoms with Crippen molar-refractivity contribution < 1.29 is 14.3 Å². The maximum Gasteiger partial charge on any atom is 0.257 e. The molecule has 0 unspecified atom stereocenters. The number of nitrogens with one attached hydrogen (secondary N) is 3. The topological polar surface area (TPSA) is 79.5 Å². The molecule has 170 valence electrons. The predicted octanol–water partition coefficient (Wildman–Crippen LogP) is 4.57. The number of rotatable bonds is 9. The van der Waals surface area contributed by atoms with E-state index in [-0.39, 0.29) is 16.9 Å². The van der Waals surface area contributed by atoms with Crippen molar-refractivity contribution in [1.82, 2.24) is 10.6 Å². The molecule has 0 saturated carbocycles. The summed E-state index contributed by atoms with van der Waals surface area (Å²) in [4.78, 5) is 25.0. The van der Waals surface area contributed by atoms with E-state index in [0.29, 0.717) is 35.7 Å². The quantitative estimate of drug-likeness (QED) is 0.407. The molecule has 0 fully saturated rings. The SMILES string of the molecule is CCCNC(=O)c1ccccc1NC(=S)NC(=O)c1cccc(OCCc2ccccc2)c1. The maximum atomic E-state index is 12.7. The Hall–Kier alpha value is -3.71. The summed E-state index contributed by atoms with van der Waals surface area (Å²) in [5, 5.41) is 8.54. The summed E-state index contributed by atoms with van der Waals surface area (Å²) in [5.74, 6) is 0.0405. The third-order valence-corrected chi connectivity index (χ3v) is 4.99. The van der Waals surface area contributed by atoms with Gasteiger partial charge in [0, 0.05) is 18.5 Å². The van der Waals surface area contributed by atoms with Gasteiger partial charge in [-0.2, -0.15) is 0 Å². The molecule has 2 amide bonds. The van der Waals surface area contributed by atoms with Crippen LogP contribution in [0.5, 0.6) is 5.75 Å². The Kier molecular flexibility index (Phi) is 8.97. The largest absolute Gasteiger partial charge is 0.493 e. The van der Waals surface area contributed by atoms with Gasteiger partial charge in [0.1, 0.15) is 5.75 Å². The number of amides is 2. The monoisotopic (exact) mass is 461 g/mol. The van der Waals surface area contributed by atoms with E-state index in [1.54, 1.807) is 42.5 Å². The smallest absolute Gasteiger partial charge is 0.257 e. The van der Waals surface area contributed by atoms with E-state index in [1.807, 2.05) is 43.3 Å². The maximum absolute atomic E-state index is 12.7. The number of carbonyl (C=O) groups is 2. The number of hydrogen-bond donors (Lipinski definition) is 3. The lowest BCUT2D eigenvalue weighted by Crippen LogP contribution is -2.35. The van der Waals surface area contributed by atoms with Gasteiger partial charge in [-0.3, -0.25) is 14.9 Å². The first-order valence-electron chi connectivity index (χ1n) is 10.8. The third-order valence-electron chi connectivity index (χ3n) is 4.78. The van der Waals surface area contributed by atoms with Crippen molar-refractivity contribution in [2.75, 3.05) is 18.5 Å². The highest BCUT2D eigenvalue weighted by Crippen LogP contribution is 2.16. The number of ether oxygens (including phenoxy) is 1. The van der Waals surface area contributed by atoms with Gasteiger partial charge in [-0.15, -0.1) is 0 Å². The molecule has 0 atom stereocenters. The fraction of sp³-hybridized carbons (Fsp3) is 0.192. The van der Waals surface area contributed by atoms with Crippen molar-refractivity contribution >= 4 is 34.8 Å². The Labute approximate surface area is 199 Å². The number of carbonyl (C=O) groups excluding carboxylic acids is 2. The van der Waals surface area contributed by atoms with Crippen LogP contribution in [-0.4, -0.2) is 30.1 Å². The van der Waals surface area contributed by atoms with Crippen molar-refractivity contribution in [3.8, 4) is 5.75 Å². The summed E-state index contributed by atoms with van der Waals surface area (Å²) < 4.78 is 5.80. The van der Waals surface area contributed by atoms with Crippen molar-refractivity contribution in [2.24, 2.45) is 0 Å². The third kappa shape index (κ3) is 7.43. The van der Waals surface area contributed by atoms with Crippen molar-refractivity contribution in [2.45, 2.75) is 19.8 Å². The fourth-order valence-electron chi connectivity index (χ4n) is 3.11. The molecule has 0 aliphatic carbocycles. The zero-order valence-electron chi connectivity index (χ0n) is 18.5. The Morgan fingerprint density at radius 3 is 2.45 bits per heavy atom. The minimum absolute atomic E-state index is 0.103. The highest BCUT2D eigenvalue weighted by Gasteiger charge is 2.13. The number of para-hydroxylation sites is 1. The molecule has 7 heteroatoms. The van der Waals surface area contributed by atoms with Crippen LogP contribution in [0.4, 0.5) is 5.69 Å². The van der Waals surface area contributed by atoms with E-state index < -0.39 is 0 Å². The van der Waals surface area contributed by atoms with E-state index in [2.05, 4.69) is 16.0 Å². The normalized spacial score (nSPS) is 10.2. The molecule has 6 nitrogen and oxygen atoms in total. The summed E-state index contributed by atoms with van der Waals surface area (Å²) >= 11 is 5.30. The molecule has 0 heterocycles. The standard InChI is InChI=1S/C26H27N3O3S/c1-2-16-27-25(31)22-13-6-7-14-23(22)28-26(33)29-24(30)20-11-8-12-21(18-20)32-17-15-19-9-4-3-5-10-19/h3-14,18H,2,15-17H2,1H3,(H,27,31)(H2,28,29,30,33). The number of anilines is 1. The highest BCUT2D eigenvalue weighted by atomic mass is 32.1. The van der Waals surface area contributed by atoms with Crippen LogP contribution < -0.4 is 20.7 Å². The molecule has 3 N–H and O–H groups in total. The van der Waals surface area contributed by atoms with Crippen LogP contribution in [0.25, 0.3) is 0 Å². The van der Waals surface area contributed by atoms with Gasteiger partial charge >= 0.3 is 0 Å². The Morgan fingerprint density at radius 2 is 1.67 bits per heavy atom. The number of thiocarbonyl (C=S) groups is 1. The first-order valence-corrected chi connectivity index (χ1v) is 11.2. The molecule has 0 aliphatic rings. The first-order chi connectivity index (χ1) is 16.1. The van der Waals surface area contributed by atoms with Gasteiger partial charge in [0.25, 0.3) is 11.8 Å². The van der Waals surface area contributed by atoms with Crippen molar-refractivity contribution in [3.63, 3.8) is 0 Å². The van der Waals surface area contributed by atoms with Crippen molar-refractivity contribution in [3.05, 3.63) is 95.6 Å². The molecule has 3 aromatic rings. The lowest BCUT2D eigenvalue weighted by atomic mass is 10.1. The van der Waals surface area contributed by atoms with Crippen LogP contribution >= 0.6 is 12.2 Å². The lowest BCUT2D eigenvalue weighted by molar-refractivity contribution is 0.0952. The molecule has 0 bridgehead atoms. The van der Waals surface area contributed by atoms with Crippen LogP contribution in [0, 0.1) is 0 Å². The van der Waals surface area contributed by atoms with E-state index in [9.17, 15) is 9.59 Å². The molecule has 33 heavy (non-hydrogen) atoms. The van der Waals surface area contributed by atoms with Gasteiger partial charge in [-0.1, -0.05) is 55.5 Å². The predicted molar refractivity (Wildman–Crippen MR) is 135 cm³/mol. The Bertz CT molecular complexity index is 1100. The van der Waals surface area contributed by atoms with Gasteiger partial charge in [0.15, 0.2) is 5.11 Å². The van der Waals surface area contributed by atoms with Crippen LogP contribution in [0.3, 0.4) is 0 Å². The average molecular weight is 462 g/mol. The summed E-state index contributed by atoms with van der Waals surface area (Å²) in [5.41, 5.74) is 2.59. The van der Waals surface area contributed by atoms with Gasteiger partial charge in [0.2, 0.25) is 0 Å². The van der Waals surface area contributed by atoms with Gasteiger partial charge in [0.05, 0.1) is 17.9 Å². The molecule has 0 aromatic heterocycles. The summed E-state index contributed by atoms with van der Waals surface area (Å²) in [7, 11) is 0. The molecular weight excluding hydrogens is 434 g/mol. The molecular formula is C26H27N3O3S. The fourth-order valence-corrected chi connectivity index (χ4v) is 3.31. The van der Waals surface area contributed by atoms with E-state index in [4.69, 9.17) is 17.0 Å². The molecule has 0 aliphatic heterocycles. The van der Waals surface area contributed by atoms with Gasteiger partial charge in [-0.05, 0) is 54.5 Å². The molecule has 3 aromatic carbocycles. The van der Waals surface area contributed by atoms with E-state index in [1.165, 1.54) is 5.56 Å². The summed E-state index contributed by atoms with van der Waals surface area (Å²) in [6.07, 6.45) is 1.61. The second kappa shape index (κ2) is 12.4. The number of benzene rings is 3. The van der Waals surface area contributed by atoms with E-state index in [0.717, 1.165) is 12.8 Å². The van der Waals surface area contributed by atoms with Crippen LogP contribution in [0.1, 0.15) is 39.6 Å². The Morgan fingerprint density at radius 1 is 0.909 bits per heavy atom. The summed E-state index contributed by atoms with van der Waals surface area (Å²) in [6, 6.07) is 24.0. The highest BCUT2D eigenvalue weighted by molar-refractivity contribution is 7.80. The van der Waals surface area contributed by atoms with E-state index >= 15 is 0 Å². The molecule has 3 rings (SSSR count). The Balaban J connectivity index is 1.56. The first kappa shape index (κ1) is 23.9. The second-order valence-corrected chi connectivity index (χ2v) is 7.73. The van der Waals surface area contributed by atoms with Crippen LogP contribution in [0.2, 0.25) is 0 Å². The van der Waals surface area contributed by atoms with Gasteiger partial charge < -0.3 is 15.4 Å².